The van der Waals surface area contributed by atoms with Crippen LogP contribution in [0.1, 0.15) is 15.9 Å². The van der Waals surface area contributed by atoms with Gasteiger partial charge in [0.25, 0.3) is 5.91 Å². The van der Waals surface area contributed by atoms with Crippen LogP contribution in [0.3, 0.4) is 0 Å². The number of nitrogens with zero attached hydrogens (tertiary/aromatic N) is 2. The van der Waals surface area contributed by atoms with Gasteiger partial charge in [-0.2, -0.15) is 0 Å². The average Bonchev–Trinajstić information content (AvgIpc) is 3.12. The van der Waals surface area contributed by atoms with Crippen LogP contribution in [-0.2, 0) is 0 Å². The molecule has 0 radical (unpaired) electrons. The number of carbonyl (C=O) groups is 1. The van der Waals surface area contributed by atoms with Crippen molar-refractivity contribution in [3.05, 3.63) is 50.0 Å². The summed E-state index contributed by atoms with van der Waals surface area (Å²) < 4.78 is 6.24. The van der Waals surface area contributed by atoms with Crippen LogP contribution in [0.2, 0.25) is 0 Å². The summed E-state index contributed by atoms with van der Waals surface area (Å²) in [4.78, 5) is 12.1. The van der Waals surface area contributed by atoms with Gasteiger partial charge in [0.05, 0.1) is 8.45 Å². The summed E-state index contributed by atoms with van der Waals surface area (Å²) >= 11 is 3.74. The van der Waals surface area contributed by atoms with Crippen LogP contribution < -0.4 is 5.32 Å². The number of carbonyl (C=O) groups excluding carboxylic acids is 1. The third-order valence-corrected chi connectivity index (χ3v) is 4.70. The van der Waals surface area contributed by atoms with Crippen molar-refractivity contribution in [3.8, 4) is 11.5 Å². The number of rotatable bonds is 3. The summed E-state index contributed by atoms with van der Waals surface area (Å²) in [5, 5.41) is 12.3. The van der Waals surface area contributed by atoms with E-state index in [0.717, 1.165) is 19.7 Å². The molecule has 3 rings (SSSR count). The van der Waals surface area contributed by atoms with Crippen molar-refractivity contribution < 1.29 is 9.21 Å². The first-order chi connectivity index (χ1) is 10.1. The van der Waals surface area contributed by atoms with E-state index in [1.807, 2.05) is 36.6 Å². The van der Waals surface area contributed by atoms with Gasteiger partial charge in [0.1, 0.15) is 0 Å². The Morgan fingerprint density at radius 3 is 2.86 bits per heavy atom. The first-order valence-electron chi connectivity index (χ1n) is 6.06. The summed E-state index contributed by atoms with van der Waals surface area (Å²) in [6.45, 7) is 1.92. The van der Waals surface area contributed by atoms with E-state index < -0.39 is 0 Å². The number of nitrogens with one attached hydrogen (secondary N) is 1. The van der Waals surface area contributed by atoms with Crippen molar-refractivity contribution in [1.29, 1.82) is 0 Å². The zero-order chi connectivity index (χ0) is 14.8. The van der Waals surface area contributed by atoms with Crippen LogP contribution in [0.5, 0.6) is 0 Å². The van der Waals surface area contributed by atoms with E-state index in [-0.39, 0.29) is 5.91 Å². The van der Waals surface area contributed by atoms with Gasteiger partial charge in [0.2, 0.25) is 12.3 Å². The maximum absolute atomic E-state index is 12.1. The van der Waals surface area contributed by atoms with E-state index in [0.29, 0.717) is 11.5 Å². The largest absolute Gasteiger partial charge is 0.423 e. The maximum atomic E-state index is 12.1. The Labute approximate surface area is 138 Å². The minimum atomic E-state index is -0.109. The molecule has 0 atom stereocenters. The van der Waals surface area contributed by atoms with Crippen molar-refractivity contribution >= 4 is 45.5 Å². The highest BCUT2D eigenvalue weighted by molar-refractivity contribution is 14.1. The number of aryl methyl sites for hydroxylation is 1. The molecule has 7 heteroatoms. The summed E-state index contributed by atoms with van der Waals surface area (Å²) in [6, 6.07) is 7.45. The molecule has 0 bridgehead atoms. The summed E-state index contributed by atoms with van der Waals surface area (Å²) in [7, 11) is 0. The molecule has 2 aromatic heterocycles. The molecule has 0 aliphatic rings. The maximum Gasteiger partial charge on any atom is 0.256 e. The van der Waals surface area contributed by atoms with E-state index in [4.69, 9.17) is 4.42 Å². The number of hydrogen-bond acceptors (Lipinski definition) is 5. The van der Waals surface area contributed by atoms with E-state index in [2.05, 4.69) is 38.1 Å². The number of benzene rings is 1. The Morgan fingerprint density at radius 2 is 2.24 bits per heavy atom. The van der Waals surface area contributed by atoms with Gasteiger partial charge in [-0.1, -0.05) is 0 Å². The molecule has 2 heterocycles. The second-order valence-corrected chi connectivity index (χ2v) is 7.17. The van der Waals surface area contributed by atoms with Gasteiger partial charge >= 0.3 is 0 Å². The Morgan fingerprint density at radius 1 is 1.38 bits per heavy atom. The second-order valence-electron chi connectivity index (χ2n) is 4.37. The van der Waals surface area contributed by atoms with Crippen molar-refractivity contribution in [2.45, 2.75) is 6.92 Å². The van der Waals surface area contributed by atoms with Gasteiger partial charge in [-0.25, -0.2) is 0 Å². The Balaban J connectivity index is 1.82. The van der Waals surface area contributed by atoms with Gasteiger partial charge in [-0.05, 0) is 59.3 Å². The highest BCUT2D eigenvalue weighted by Crippen LogP contribution is 2.24. The van der Waals surface area contributed by atoms with Crippen LogP contribution in [-0.4, -0.2) is 16.1 Å². The minimum absolute atomic E-state index is 0.109. The first kappa shape index (κ1) is 14.2. The number of thiophene rings is 1. The number of anilines is 1. The molecule has 0 saturated carbocycles. The third-order valence-electron chi connectivity index (χ3n) is 2.91. The fourth-order valence-corrected chi connectivity index (χ4v) is 3.19. The first-order valence-corrected chi connectivity index (χ1v) is 8.02. The normalized spacial score (nSPS) is 10.6. The minimum Gasteiger partial charge on any atom is -0.423 e. The molecule has 1 amide bonds. The molecule has 5 nitrogen and oxygen atoms in total. The molecule has 0 saturated heterocycles. The fraction of sp³-hybridized carbons (Fsp3) is 0.0714. The molecule has 106 valence electrons. The number of aromatic nitrogens is 2. The van der Waals surface area contributed by atoms with E-state index >= 15 is 0 Å². The smallest absolute Gasteiger partial charge is 0.256 e. The molecule has 0 aliphatic carbocycles. The molecule has 3 aromatic rings. The molecule has 1 N–H and O–H groups in total. The van der Waals surface area contributed by atoms with Gasteiger partial charge in [0, 0.05) is 16.6 Å². The highest BCUT2D eigenvalue weighted by Gasteiger charge is 2.11. The Kier molecular flexibility index (Phi) is 4.02. The Bertz CT molecular complexity index is 783. The summed E-state index contributed by atoms with van der Waals surface area (Å²) in [5.74, 6) is 0.353. The lowest BCUT2D eigenvalue weighted by molar-refractivity contribution is 0.102. The third kappa shape index (κ3) is 3.13. The number of halogens is 1. The Hall–Kier alpha value is -1.74. The zero-order valence-electron chi connectivity index (χ0n) is 11.0. The summed E-state index contributed by atoms with van der Waals surface area (Å²) in [6.07, 6.45) is 1.29. The van der Waals surface area contributed by atoms with Gasteiger partial charge in [-0.15, -0.1) is 21.5 Å². The average molecular weight is 411 g/mol. The van der Waals surface area contributed by atoms with Crippen LogP contribution >= 0.6 is 33.9 Å². The molecule has 0 spiro atoms. The van der Waals surface area contributed by atoms with Gasteiger partial charge < -0.3 is 9.73 Å². The molecule has 0 fully saturated rings. The number of hydrogen-bond donors (Lipinski definition) is 1. The zero-order valence-corrected chi connectivity index (χ0v) is 13.9. The highest BCUT2D eigenvalue weighted by atomic mass is 127. The molecular formula is C14H10IN3O2S. The topological polar surface area (TPSA) is 68.0 Å². The predicted molar refractivity (Wildman–Crippen MR) is 89.5 cm³/mol. The SMILES string of the molecule is Cc1cc(-c2nnco2)ccc1NC(=O)c1csc(I)c1. The van der Waals surface area contributed by atoms with Crippen molar-refractivity contribution in [2.24, 2.45) is 0 Å². The van der Waals surface area contributed by atoms with Crippen LogP contribution in [0.15, 0.2) is 40.5 Å². The standard InChI is InChI=1S/C14H10IN3O2S/c1-8-4-9(14-18-16-7-20-14)2-3-11(8)17-13(19)10-5-12(15)21-6-10/h2-7H,1H3,(H,17,19). The van der Waals surface area contributed by atoms with E-state index in [1.54, 1.807) is 11.3 Å². The van der Waals surface area contributed by atoms with Crippen LogP contribution in [0, 0.1) is 9.81 Å². The molecule has 1 aromatic carbocycles. The monoisotopic (exact) mass is 411 g/mol. The van der Waals surface area contributed by atoms with Crippen molar-refractivity contribution in [2.75, 3.05) is 5.32 Å². The van der Waals surface area contributed by atoms with Crippen LogP contribution in [0.4, 0.5) is 5.69 Å². The van der Waals surface area contributed by atoms with E-state index in [9.17, 15) is 4.79 Å². The molecular weight excluding hydrogens is 401 g/mol. The molecule has 0 unspecified atom stereocenters. The lowest BCUT2D eigenvalue weighted by Gasteiger charge is -2.08. The molecule has 21 heavy (non-hydrogen) atoms. The second kappa shape index (κ2) is 5.94. The molecule has 0 aliphatic heterocycles. The predicted octanol–water partition coefficient (Wildman–Crippen LogP) is 3.96. The van der Waals surface area contributed by atoms with E-state index in [1.165, 1.54) is 6.39 Å². The van der Waals surface area contributed by atoms with Crippen molar-refractivity contribution in [3.63, 3.8) is 0 Å². The lowest BCUT2D eigenvalue weighted by atomic mass is 10.1. The van der Waals surface area contributed by atoms with Crippen LogP contribution in [0.25, 0.3) is 11.5 Å². The number of amides is 1. The fourth-order valence-electron chi connectivity index (χ4n) is 1.86. The van der Waals surface area contributed by atoms with Gasteiger partial charge in [0.15, 0.2) is 0 Å². The quantitative estimate of drug-likeness (QED) is 0.663. The summed E-state index contributed by atoms with van der Waals surface area (Å²) in [5.41, 5.74) is 3.20. The van der Waals surface area contributed by atoms with Gasteiger partial charge in [-0.3, -0.25) is 4.79 Å². The lowest BCUT2D eigenvalue weighted by Crippen LogP contribution is -2.11. The van der Waals surface area contributed by atoms with Crippen molar-refractivity contribution in [1.82, 2.24) is 10.2 Å².